The maximum absolute atomic E-state index is 11.7. The van der Waals surface area contributed by atoms with Gasteiger partial charge in [-0.1, -0.05) is 48.5 Å². The summed E-state index contributed by atoms with van der Waals surface area (Å²) >= 11 is 0. The Hall–Kier alpha value is -5.62. The van der Waals surface area contributed by atoms with E-state index in [1.807, 2.05) is 133 Å². The van der Waals surface area contributed by atoms with Gasteiger partial charge in [-0.05, 0) is 94.3 Å². The molecule has 0 spiro atoms. The van der Waals surface area contributed by atoms with Gasteiger partial charge in [-0.15, -0.1) is 71.8 Å². The minimum absolute atomic E-state index is 0. The summed E-state index contributed by atoms with van der Waals surface area (Å²) in [5, 5.41) is 0. The van der Waals surface area contributed by atoms with E-state index in [-0.39, 0.29) is 78.9 Å². The Bertz CT molecular complexity index is 2280. The molecule has 8 rings (SSSR count). The molecule has 0 unspecified atom stereocenters. The van der Waals surface area contributed by atoms with Crippen molar-refractivity contribution in [2.75, 3.05) is 14.2 Å². The molecule has 0 aliphatic carbocycles. The van der Waals surface area contributed by atoms with Crippen LogP contribution < -0.4 is 24.8 Å². The normalized spacial score (nSPS) is 9.77. The van der Waals surface area contributed by atoms with Gasteiger partial charge < -0.3 is 34.3 Å². The van der Waals surface area contributed by atoms with Gasteiger partial charge >= 0.3 is 54.1 Å². The number of nitrogens with zero attached hydrogens (tertiary/aromatic N) is 4. The molecule has 4 aromatic heterocycles. The number of rotatable bonds is 8. The number of ether oxygens (including phenoxy) is 2. The number of hydrogen-bond donors (Lipinski definition) is 0. The third-order valence-corrected chi connectivity index (χ3v) is 8.75. The van der Waals surface area contributed by atoms with Crippen LogP contribution in [0.5, 0.6) is 0 Å². The van der Waals surface area contributed by atoms with E-state index in [4.69, 9.17) is 19.4 Å². The molecule has 0 fully saturated rings. The Morgan fingerprint density at radius 2 is 0.800 bits per heavy atom. The summed E-state index contributed by atoms with van der Waals surface area (Å²) in [7, 11) is 2.75. The Kier molecular flexibility index (Phi) is 19.4. The fourth-order valence-corrected chi connectivity index (χ4v) is 5.90. The Labute approximate surface area is 390 Å². The van der Waals surface area contributed by atoms with Crippen LogP contribution in [-0.2, 0) is 51.6 Å². The molecule has 60 heavy (non-hydrogen) atoms. The van der Waals surface area contributed by atoms with Crippen LogP contribution in [0, 0.1) is 12.1 Å². The van der Waals surface area contributed by atoms with Crippen molar-refractivity contribution in [3.63, 3.8) is 0 Å². The maximum atomic E-state index is 11.7. The van der Waals surface area contributed by atoms with Crippen molar-refractivity contribution in [3.05, 3.63) is 193 Å². The van der Waals surface area contributed by atoms with E-state index in [1.54, 1.807) is 36.7 Å². The Balaban J connectivity index is 0.000000300. The molecule has 0 N–H and O–H groups in total. The molecule has 304 valence electrons. The number of carbonyl (C=O) groups is 2. The second-order valence-corrected chi connectivity index (χ2v) is 12.4. The maximum Gasteiger partial charge on any atom is 2.00 e. The van der Waals surface area contributed by atoms with E-state index in [2.05, 4.69) is 22.1 Å². The number of esters is 2. The number of pyridine rings is 4. The van der Waals surface area contributed by atoms with Crippen molar-refractivity contribution in [1.82, 2.24) is 19.9 Å². The van der Waals surface area contributed by atoms with Gasteiger partial charge in [-0.25, -0.2) is 9.59 Å². The van der Waals surface area contributed by atoms with E-state index >= 15 is 0 Å². The van der Waals surface area contributed by atoms with Gasteiger partial charge in [0.05, 0.1) is 48.1 Å². The summed E-state index contributed by atoms with van der Waals surface area (Å²) in [5.41, 5.74) is 11.6. The van der Waals surface area contributed by atoms with Gasteiger partial charge in [-0.3, -0.25) is 19.9 Å². The minimum atomic E-state index is -0.352. The van der Waals surface area contributed by atoms with Crippen molar-refractivity contribution >= 4 is 11.9 Å². The first kappa shape index (κ1) is 48.7. The second-order valence-electron chi connectivity index (χ2n) is 12.4. The second kappa shape index (κ2) is 23.8. The molecular weight excluding hydrogens is 1160 g/mol. The van der Waals surface area contributed by atoms with Crippen molar-refractivity contribution < 1.29 is 86.0 Å². The summed E-state index contributed by atoms with van der Waals surface area (Å²) < 4.78 is 9.55. The number of carbonyl (C=O) groups excluding carboxylic acids is 2. The van der Waals surface area contributed by atoms with Crippen LogP contribution in [-0.4, -0.2) is 46.1 Å². The number of hydrogen-bond acceptors (Lipinski definition) is 8. The summed E-state index contributed by atoms with van der Waals surface area (Å²) in [6.45, 7) is 0. The summed E-state index contributed by atoms with van der Waals surface area (Å²) in [6.07, 6.45) is 3.51. The molecule has 4 aromatic carbocycles. The number of benzene rings is 4. The number of methoxy groups -OCH3 is 2. The van der Waals surface area contributed by atoms with Crippen LogP contribution in [0.1, 0.15) is 20.7 Å². The zero-order valence-corrected chi connectivity index (χ0v) is 38.0. The molecule has 0 amide bonds. The standard InChI is InChI=1S/2C24H17N2O2.2ClH.2Pt/c2*1-28-24(27)19-12-10-17(11-13-19)20-15-22(18-7-3-2-4-8-18)26-23(16-20)21-9-5-6-14-25-21;;;;/h2*2-7,9-16H,1H3;2*1H;;/q2*-1;;;2*+2/p-2. The van der Waals surface area contributed by atoms with Crippen LogP contribution in [0.25, 0.3) is 67.5 Å². The van der Waals surface area contributed by atoms with Gasteiger partial charge in [0.15, 0.2) is 0 Å². The summed E-state index contributed by atoms with van der Waals surface area (Å²) in [4.78, 5) is 41.8. The van der Waals surface area contributed by atoms with Gasteiger partial charge in [0, 0.05) is 12.4 Å². The summed E-state index contributed by atoms with van der Waals surface area (Å²) in [5.74, 6) is -0.704. The quantitative estimate of drug-likeness (QED) is 0.166. The SMILES string of the molecule is COC(=O)c1ccc(-c2cc(-c3[c-]cccc3)nc(-c3ccccn3)c2)cc1.COC(=O)c1ccc(-c2cc(-c3[c-]cccc3)nc(-c3ccccn3)c2)cc1.[Cl-].[Cl-].[Pt+2].[Pt+2]. The first-order chi connectivity index (χ1) is 27.5. The Morgan fingerprint density at radius 3 is 1.12 bits per heavy atom. The van der Waals surface area contributed by atoms with Crippen LogP contribution >= 0.6 is 0 Å². The molecule has 0 aliphatic rings. The van der Waals surface area contributed by atoms with Gasteiger partial charge in [0.1, 0.15) is 0 Å². The first-order valence-corrected chi connectivity index (χ1v) is 17.7. The minimum Gasteiger partial charge on any atom is -1.00 e. The third-order valence-electron chi connectivity index (χ3n) is 8.75. The van der Waals surface area contributed by atoms with Gasteiger partial charge in [0.25, 0.3) is 0 Å². The van der Waals surface area contributed by atoms with Crippen molar-refractivity contribution in [1.29, 1.82) is 0 Å². The van der Waals surface area contributed by atoms with Crippen LogP contribution in [0.15, 0.2) is 170 Å². The molecule has 4 heterocycles. The Morgan fingerprint density at radius 1 is 0.433 bits per heavy atom. The molecule has 12 heteroatoms. The molecule has 0 aliphatic heterocycles. The number of halogens is 2. The van der Waals surface area contributed by atoms with Gasteiger partial charge in [-0.2, -0.15) is 0 Å². The van der Waals surface area contributed by atoms with E-state index in [0.717, 1.165) is 67.5 Å². The monoisotopic (exact) mass is 1190 g/mol. The van der Waals surface area contributed by atoms with E-state index < -0.39 is 0 Å². The van der Waals surface area contributed by atoms with Crippen molar-refractivity contribution in [2.24, 2.45) is 0 Å². The molecule has 0 saturated carbocycles. The van der Waals surface area contributed by atoms with Crippen molar-refractivity contribution in [2.45, 2.75) is 0 Å². The van der Waals surface area contributed by atoms with Crippen LogP contribution in [0.2, 0.25) is 0 Å². The van der Waals surface area contributed by atoms with Gasteiger partial charge in [0.2, 0.25) is 0 Å². The smallest absolute Gasteiger partial charge is 1.00 e. The fourth-order valence-electron chi connectivity index (χ4n) is 5.90. The average molecular weight is 1190 g/mol. The predicted molar refractivity (Wildman–Crippen MR) is 217 cm³/mol. The molecule has 0 saturated heterocycles. The van der Waals surface area contributed by atoms with E-state index in [0.29, 0.717) is 11.1 Å². The molecular formula is C48H34Cl2N4O4Pt2. The largest absolute Gasteiger partial charge is 2.00 e. The van der Waals surface area contributed by atoms with Crippen LogP contribution in [0.3, 0.4) is 0 Å². The topological polar surface area (TPSA) is 104 Å². The van der Waals surface area contributed by atoms with Crippen LogP contribution in [0.4, 0.5) is 0 Å². The molecule has 0 atom stereocenters. The molecule has 8 aromatic rings. The molecule has 0 bridgehead atoms. The zero-order valence-electron chi connectivity index (χ0n) is 32.0. The fraction of sp³-hybridized carbons (Fsp3) is 0.0417. The average Bonchev–Trinajstić information content (AvgIpc) is 3.29. The predicted octanol–water partition coefficient (Wildman–Crippen LogP) is 4.13. The zero-order chi connectivity index (χ0) is 38.7. The first-order valence-electron chi connectivity index (χ1n) is 17.7. The van der Waals surface area contributed by atoms with E-state index in [1.165, 1.54) is 14.2 Å². The third kappa shape index (κ3) is 12.2. The number of aromatic nitrogens is 4. The molecule has 0 radical (unpaired) electrons. The molecule has 8 nitrogen and oxygen atoms in total. The summed E-state index contributed by atoms with van der Waals surface area (Å²) in [6, 6.07) is 56.2. The van der Waals surface area contributed by atoms with E-state index in [9.17, 15) is 9.59 Å². The van der Waals surface area contributed by atoms with Crippen molar-refractivity contribution in [3.8, 4) is 67.5 Å².